The van der Waals surface area contributed by atoms with Crippen molar-refractivity contribution < 1.29 is 9.90 Å². The van der Waals surface area contributed by atoms with Crippen LogP contribution in [0, 0.1) is 0 Å². The van der Waals surface area contributed by atoms with Crippen molar-refractivity contribution in [2.24, 2.45) is 0 Å². The zero-order valence-corrected chi connectivity index (χ0v) is 14.6. The number of rotatable bonds is 6. The molecule has 2 rings (SSSR count). The van der Waals surface area contributed by atoms with Crippen molar-refractivity contribution in [3.63, 3.8) is 0 Å². The van der Waals surface area contributed by atoms with Crippen molar-refractivity contribution in [1.82, 2.24) is 5.32 Å². The third-order valence-corrected chi connectivity index (χ3v) is 3.84. The third kappa shape index (κ3) is 5.10. The Kier molecular flexibility index (Phi) is 5.99. The van der Waals surface area contributed by atoms with Crippen LogP contribution in [-0.4, -0.2) is 24.2 Å². The fraction of sp³-hybridized carbons (Fsp3) is 0.350. The number of anilines is 1. The summed E-state index contributed by atoms with van der Waals surface area (Å²) >= 11 is 0. The van der Waals surface area contributed by atoms with Gasteiger partial charge in [-0.15, -0.1) is 0 Å². The van der Waals surface area contributed by atoms with E-state index in [2.05, 4.69) is 55.7 Å². The van der Waals surface area contributed by atoms with Gasteiger partial charge in [-0.05, 0) is 34.7 Å². The summed E-state index contributed by atoms with van der Waals surface area (Å²) in [5, 5.41) is 14.8. The van der Waals surface area contributed by atoms with Crippen LogP contribution in [0.25, 0.3) is 0 Å². The van der Waals surface area contributed by atoms with Crippen LogP contribution in [0.1, 0.15) is 42.3 Å². The lowest BCUT2D eigenvalue weighted by Gasteiger charge is -2.19. The molecule has 0 aliphatic heterocycles. The third-order valence-electron chi connectivity index (χ3n) is 3.84. The number of aliphatic hydroxyl groups excluding tert-OH is 1. The van der Waals surface area contributed by atoms with E-state index in [9.17, 15) is 4.79 Å². The first-order chi connectivity index (χ1) is 11.4. The largest absolute Gasteiger partial charge is 0.395 e. The van der Waals surface area contributed by atoms with Gasteiger partial charge < -0.3 is 15.7 Å². The molecular formula is C20H26N2O2. The number of carbonyl (C=O) groups excluding carboxylic acids is 1. The summed E-state index contributed by atoms with van der Waals surface area (Å²) in [7, 11) is 0. The molecule has 0 radical (unpaired) electrons. The predicted molar refractivity (Wildman–Crippen MR) is 98.3 cm³/mol. The minimum absolute atomic E-state index is 0.0613. The van der Waals surface area contributed by atoms with Gasteiger partial charge in [0.25, 0.3) is 5.91 Å². The summed E-state index contributed by atoms with van der Waals surface area (Å²) in [6.07, 6.45) is 0. The zero-order valence-electron chi connectivity index (χ0n) is 14.6. The Morgan fingerprint density at radius 3 is 2.42 bits per heavy atom. The number of aliphatic hydroxyl groups is 1. The number of amides is 1. The highest BCUT2D eigenvalue weighted by atomic mass is 16.3. The van der Waals surface area contributed by atoms with Crippen molar-refractivity contribution in [3.05, 3.63) is 65.2 Å². The average Bonchev–Trinajstić information content (AvgIpc) is 2.57. The van der Waals surface area contributed by atoms with E-state index in [0.29, 0.717) is 12.1 Å². The summed E-state index contributed by atoms with van der Waals surface area (Å²) in [5.74, 6) is -0.178. The van der Waals surface area contributed by atoms with Gasteiger partial charge in [0.1, 0.15) is 0 Å². The maximum atomic E-state index is 11.9. The molecule has 0 heterocycles. The molecule has 3 N–H and O–H groups in total. The molecular weight excluding hydrogens is 300 g/mol. The van der Waals surface area contributed by atoms with Crippen molar-refractivity contribution in [1.29, 1.82) is 0 Å². The van der Waals surface area contributed by atoms with Crippen LogP contribution >= 0.6 is 0 Å². The molecule has 4 heteroatoms. The number of carbonyl (C=O) groups is 1. The Labute approximate surface area is 143 Å². The van der Waals surface area contributed by atoms with Crippen LogP contribution < -0.4 is 10.6 Å². The molecule has 0 atom stereocenters. The molecule has 0 fully saturated rings. The van der Waals surface area contributed by atoms with Crippen molar-refractivity contribution in [2.75, 3.05) is 18.5 Å². The summed E-state index contributed by atoms with van der Waals surface area (Å²) in [6, 6.07) is 15.9. The molecule has 0 saturated heterocycles. The molecule has 2 aromatic rings. The van der Waals surface area contributed by atoms with Crippen LogP contribution in [0.15, 0.2) is 48.5 Å². The van der Waals surface area contributed by atoms with E-state index in [1.807, 2.05) is 18.2 Å². The van der Waals surface area contributed by atoms with E-state index in [-0.39, 0.29) is 24.5 Å². The number of nitrogens with one attached hydrogen (secondary N) is 2. The van der Waals surface area contributed by atoms with Gasteiger partial charge in [-0.1, -0.05) is 51.1 Å². The fourth-order valence-electron chi connectivity index (χ4n) is 2.37. The summed E-state index contributed by atoms with van der Waals surface area (Å²) in [6.45, 7) is 7.51. The van der Waals surface area contributed by atoms with Crippen LogP contribution in [0.5, 0.6) is 0 Å². The maximum Gasteiger partial charge on any atom is 0.251 e. The lowest BCUT2D eigenvalue weighted by atomic mass is 9.87. The topological polar surface area (TPSA) is 61.4 Å². The van der Waals surface area contributed by atoms with Gasteiger partial charge in [0.2, 0.25) is 0 Å². The Bertz CT molecular complexity index is 673. The molecule has 0 spiro atoms. The molecule has 0 saturated carbocycles. The van der Waals surface area contributed by atoms with E-state index < -0.39 is 0 Å². The molecule has 128 valence electrons. The summed E-state index contributed by atoms with van der Waals surface area (Å²) < 4.78 is 0. The highest BCUT2D eigenvalue weighted by molar-refractivity contribution is 5.95. The molecule has 0 aliphatic carbocycles. The standard InChI is InChI=1S/C20H26N2O2/c1-20(2,3)17-9-7-15(8-10-17)14-22-18-6-4-5-16(13-18)19(24)21-11-12-23/h4-10,13,22-23H,11-12,14H2,1-3H3,(H,21,24). The molecule has 24 heavy (non-hydrogen) atoms. The summed E-state index contributed by atoms with van der Waals surface area (Å²) in [5.41, 5.74) is 4.14. The van der Waals surface area contributed by atoms with E-state index in [1.165, 1.54) is 11.1 Å². The van der Waals surface area contributed by atoms with Gasteiger partial charge >= 0.3 is 0 Å². The minimum atomic E-state index is -0.178. The SMILES string of the molecule is CC(C)(C)c1ccc(CNc2cccc(C(=O)NCCO)c2)cc1. The van der Waals surface area contributed by atoms with E-state index in [0.717, 1.165) is 5.69 Å². The van der Waals surface area contributed by atoms with Gasteiger partial charge in [-0.25, -0.2) is 0 Å². The van der Waals surface area contributed by atoms with Gasteiger partial charge in [-0.2, -0.15) is 0 Å². The van der Waals surface area contributed by atoms with Crippen molar-refractivity contribution in [3.8, 4) is 0 Å². The second kappa shape index (κ2) is 7.97. The number of hydrogen-bond donors (Lipinski definition) is 3. The van der Waals surface area contributed by atoms with E-state index >= 15 is 0 Å². The molecule has 1 amide bonds. The van der Waals surface area contributed by atoms with Crippen LogP contribution in [0.3, 0.4) is 0 Å². The Balaban J connectivity index is 1.98. The van der Waals surface area contributed by atoms with Gasteiger partial charge in [-0.3, -0.25) is 4.79 Å². The number of benzene rings is 2. The molecule has 0 bridgehead atoms. The normalized spacial score (nSPS) is 11.2. The quantitative estimate of drug-likeness (QED) is 0.763. The highest BCUT2D eigenvalue weighted by Gasteiger charge is 2.12. The Morgan fingerprint density at radius 2 is 1.79 bits per heavy atom. The second-order valence-corrected chi connectivity index (χ2v) is 6.86. The number of hydrogen-bond acceptors (Lipinski definition) is 3. The Morgan fingerprint density at radius 1 is 1.08 bits per heavy atom. The van der Waals surface area contributed by atoms with Crippen molar-refractivity contribution >= 4 is 11.6 Å². The molecule has 0 unspecified atom stereocenters. The maximum absolute atomic E-state index is 11.9. The van der Waals surface area contributed by atoms with Gasteiger partial charge in [0, 0.05) is 24.3 Å². The Hall–Kier alpha value is -2.33. The monoisotopic (exact) mass is 326 g/mol. The smallest absolute Gasteiger partial charge is 0.251 e. The average molecular weight is 326 g/mol. The predicted octanol–water partition coefficient (Wildman–Crippen LogP) is 3.32. The molecule has 2 aromatic carbocycles. The van der Waals surface area contributed by atoms with Gasteiger partial charge in [0.15, 0.2) is 0 Å². The van der Waals surface area contributed by atoms with E-state index in [1.54, 1.807) is 6.07 Å². The first kappa shape index (κ1) is 18.0. The van der Waals surface area contributed by atoms with Gasteiger partial charge in [0.05, 0.1) is 6.61 Å². The van der Waals surface area contributed by atoms with Crippen LogP contribution in [0.4, 0.5) is 5.69 Å². The zero-order chi connectivity index (χ0) is 17.6. The molecule has 0 aromatic heterocycles. The second-order valence-electron chi connectivity index (χ2n) is 6.86. The van der Waals surface area contributed by atoms with E-state index in [4.69, 9.17) is 5.11 Å². The first-order valence-corrected chi connectivity index (χ1v) is 8.22. The van der Waals surface area contributed by atoms with Crippen LogP contribution in [-0.2, 0) is 12.0 Å². The summed E-state index contributed by atoms with van der Waals surface area (Å²) in [4.78, 5) is 11.9. The fourth-order valence-corrected chi connectivity index (χ4v) is 2.37. The first-order valence-electron chi connectivity index (χ1n) is 8.22. The molecule has 4 nitrogen and oxygen atoms in total. The van der Waals surface area contributed by atoms with Crippen molar-refractivity contribution in [2.45, 2.75) is 32.7 Å². The highest BCUT2D eigenvalue weighted by Crippen LogP contribution is 2.22. The lowest BCUT2D eigenvalue weighted by molar-refractivity contribution is 0.0945. The lowest BCUT2D eigenvalue weighted by Crippen LogP contribution is -2.26. The minimum Gasteiger partial charge on any atom is -0.395 e. The molecule has 0 aliphatic rings. The van der Waals surface area contributed by atoms with Crippen LogP contribution in [0.2, 0.25) is 0 Å².